The molecule has 0 aliphatic rings. The van der Waals surface area contributed by atoms with Crippen LogP contribution in [0.25, 0.3) is 0 Å². The first-order valence-corrected chi connectivity index (χ1v) is 7.25. The molecular formula is C13H14I2O2. The smallest absolute Gasteiger partial charge is 0.333 e. The van der Waals surface area contributed by atoms with E-state index in [4.69, 9.17) is 4.74 Å². The lowest BCUT2D eigenvalue weighted by Gasteiger charge is -2.28. The van der Waals surface area contributed by atoms with Gasteiger partial charge in [0, 0.05) is 18.3 Å². The Morgan fingerprint density at radius 2 is 1.76 bits per heavy atom. The van der Waals surface area contributed by atoms with Crippen molar-refractivity contribution in [2.75, 3.05) is 0 Å². The number of carbonyl (C=O) groups is 1. The number of hydrogen-bond donors (Lipinski definition) is 0. The van der Waals surface area contributed by atoms with Gasteiger partial charge >= 0.3 is 5.97 Å². The van der Waals surface area contributed by atoms with Gasteiger partial charge in [0.2, 0.25) is 0 Å². The topological polar surface area (TPSA) is 26.3 Å². The largest absolute Gasteiger partial charge is 0.451 e. The average Bonchev–Trinajstić information content (AvgIpc) is 2.15. The fraction of sp³-hybridized carbons (Fsp3) is 0.308. The summed E-state index contributed by atoms with van der Waals surface area (Å²) in [7, 11) is 0. The van der Waals surface area contributed by atoms with Gasteiger partial charge in [0.1, 0.15) is 5.60 Å². The van der Waals surface area contributed by atoms with Crippen molar-refractivity contribution in [3.8, 4) is 0 Å². The fourth-order valence-electron chi connectivity index (χ4n) is 1.44. The Labute approximate surface area is 129 Å². The molecule has 0 unspecified atom stereocenters. The molecule has 0 fully saturated rings. The molecule has 0 saturated heterocycles. The van der Waals surface area contributed by atoms with Crippen molar-refractivity contribution >= 4 is 51.2 Å². The van der Waals surface area contributed by atoms with E-state index in [0.29, 0.717) is 5.57 Å². The molecule has 0 spiro atoms. The third-order valence-electron chi connectivity index (χ3n) is 2.26. The lowest BCUT2D eigenvalue weighted by molar-refractivity contribution is -0.152. The second kappa shape index (κ2) is 5.69. The summed E-state index contributed by atoms with van der Waals surface area (Å²) in [6.45, 7) is 9.04. The molecule has 0 aliphatic carbocycles. The summed E-state index contributed by atoms with van der Waals surface area (Å²) in [4.78, 5) is 11.6. The van der Waals surface area contributed by atoms with Crippen LogP contribution in [-0.4, -0.2) is 5.97 Å². The molecule has 2 nitrogen and oxygen atoms in total. The molecule has 1 aromatic carbocycles. The first-order chi connectivity index (χ1) is 7.75. The summed E-state index contributed by atoms with van der Waals surface area (Å²) in [6.07, 6.45) is 0. The van der Waals surface area contributed by atoms with Crippen LogP contribution in [0.4, 0.5) is 0 Å². The van der Waals surface area contributed by atoms with E-state index in [0.717, 1.165) is 12.7 Å². The zero-order chi connectivity index (χ0) is 13.2. The van der Waals surface area contributed by atoms with Crippen LogP contribution < -0.4 is 0 Å². The highest BCUT2D eigenvalue weighted by Crippen LogP contribution is 2.33. The fourth-order valence-corrected chi connectivity index (χ4v) is 4.25. The normalized spacial score (nSPS) is 11.1. The molecule has 0 aromatic heterocycles. The van der Waals surface area contributed by atoms with Gasteiger partial charge in [-0.1, -0.05) is 12.6 Å². The molecule has 0 radical (unpaired) electrons. The van der Waals surface area contributed by atoms with Gasteiger partial charge in [-0.2, -0.15) is 0 Å². The monoisotopic (exact) mass is 456 g/mol. The van der Waals surface area contributed by atoms with Crippen LogP contribution in [0.1, 0.15) is 26.3 Å². The second-order valence-electron chi connectivity index (χ2n) is 4.28. The van der Waals surface area contributed by atoms with E-state index in [1.54, 1.807) is 6.92 Å². The SMILES string of the molecule is C=C(C)C(=O)OC(C)(C)c1c(I)cccc1I. The molecule has 0 bridgehead atoms. The molecule has 0 atom stereocenters. The molecule has 92 valence electrons. The number of benzene rings is 1. The maximum atomic E-state index is 11.6. The number of rotatable bonds is 3. The zero-order valence-corrected chi connectivity index (χ0v) is 14.3. The number of ether oxygens (including phenoxy) is 1. The standard InChI is InChI=1S/C13H14I2O2/c1-8(2)12(16)17-13(3,4)11-9(14)6-5-7-10(11)15/h5-7H,1H2,2-4H3. The van der Waals surface area contributed by atoms with Crippen molar-refractivity contribution in [3.63, 3.8) is 0 Å². The lowest BCUT2D eigenvalue weighted by atomic mass is 9.98. The Balaban J connectivity index is 3.13. The van der Waals surface area contributed by atoms with E-state index >= 15 is 0 Å². The number of halogens is 2. The molecule has 0 heterocycles. The zero-order valence-electron chi connectivity index (χ0n) is 10.0. The summed E-state index contributed by atoms with van der Waals surface area (Å²) in [5, 5.41) is 0. The Morgan fingerprint density at radius 3 is 2.18 bits per heavy atom. The summed E-state index contributed by atoms with van der Waals surface area (Å²) in [5.74, 6) is -0.356. The van der Waals surface area contributed by atoms with Gasteiger partial charge < -0.3 is 4.74 Å². The number of carbonyl (C=O) groups excluding carboxylic acids is 1. The van der Waals surface area contributed by atoms with Crippen molar-refractivity contribution < 1.29 is 9.53 Å². The van der Waals surface area contributed by atoms with E-state index in [-0.39, 0.29) is 5.97 Å². The molecule has 1 aromatic rings. The molecule has 4 heteroatoms. The molecule has 0 aliphatic heterocycles. The molecule has 0 saturated carbocycles. The highest BCUT2D eigenvalue weighted by Gasteiger charge is 2.29. The van der Waals surface area contributed by atoms with E-state index < -0.39 is 5.60 Å². The summed E-state index contributed by atoms with van der Waals surface area (Å²) >= 11 is 4.51. The van der Waals surface area contributed by atoms with Crippen LogP contribution in [0, 0.1) is 7.14 Å². The average molecular weight is 456 g/mol. The molecule has 1 rings (SSSR count). The van der Waals surface area contributed by atoms with Crippen LogP contribution in [0.15, 0.2) is 30.4 Å². The van der Waals surface area contributed by atoms with Gasteiger partial charge in [0.15, 0.2) is 0 Å². The van der Waals surface area contributed by atoms with Crippen molar-refractivity contribution in [2.45, 2.75) is 26.4 Å². The maximum absolute atomic E-state index is 11.6. The number of esters is 1. The molecule has 0 amide bonds. The van der Waals surface area contributed by atoms with Gasteiger partial charge in [0.05, 0.1) is 0 Å². The Kier molecular flexibility index (Phi) is 5.00. The van der Waals surface area contributed by atoms with Crippen LogP contribution in [0.5, 0.6) is 0 Å². The van der Waals surface area contributed by atoms with Gasteiger partial charge in [-0.15, -0.1) is 0 Å². The predicted molar refractivity (Wildman–Crippen MR) is 85.8 cm³/mol. The molecule has 17 heavy (non-hydrogen) atoms. The van der Waals surface area contributed by atoms with Crippen molar-refractivity contribution in [2.24, 2.45) is 0 Å². The predicted octanol–water partition coefficient (Wildman–Crippen LogP) is 4.25. The summed E-state index contributed by atoms with van der Waals surface area (Å²) in [5.41, 5.74) is 0.805. The first kappa shape index (κ1) is 14.9. The highest BCUT2D eigenvalue weighted by molar-refractivity contribution is 14.1. The van der Waals surface area contributed by atoms with Crippen molar-refractivity contribution in [1.29, 1.82) is 0 Å². The van der Waals surface area contributed by atoms with Crippen LogP contribution in [0.2, 0.25) is 0 Å². The third-order valence-corrected chi connectivity index (χ3v) is 4.06. The van der Waals surface area contributed by atoms with E-state index in [9.17, 15) is 4.79 Å². The minimum absolute atomic E-state index is 0.356. The van der Waals surface area contributed by atoms with E-state index in [1.165, 1.54) is 0 Å². The minimum atomic E-state index is -0.648. The maximum Gasteiger partial charge on any atom is 0.333 e. The molecule has 0 N–H and O–H groups in total. The Hall–Kier alpha value is -0.110. The summed E-state index contributed by atoms with van der Waals surface area (Å²) in [6, 6.07) is 6.01. The van der Waals surface area contributed by atoms with Crippen LogP contribution in [0.3, 0.4) is 0 Å². The minimum Gasteiger partial charge on any atom is -0.451 e. The van der Waals surface area contributed by atoms with Crippen molar-refractivity contribution in [1.82, 2.24) is 0 Å². The van der Waals surface area contributed by atoms with Gasteiger partial charge in [-0.05, 0) is 78.1 Å². The quantitative estimate of drug-likeness (QED) is 0.387. The number of hydrogen-bond acceptors (Lipinski definition) is 2. The van der Waals surface area contributed by atoms with Crippen LogP contribution >= 0.6 is 45.2 Å². The second-order valence-corrected chi connectivity index (χ2v) is 6.60. The Bertz CT molecular complexity index is 444. The van der Waals surface area contributed by atoms with Crippen LogP contribution in [-0.2, 0) is 15.1 Å². The first-order valence-electron chi connectivity index (χ1n) is 5.09. The van der Waals surface area contributed by atoms with E-state index in [2.05, 4.69) is 51.8 Å². The third kappa shape index (κ3) is 3.67. The lowest BCUT2D eigenvalue weighted by Crippen LogP contribution is -2.28. The van der Waals surface area contributed by atoms with Gasteiger partial charge in [-0.25, -0.2) is 4.79 Å². The van der Waals surface area contributed by atoms with Crippen molar-refractivity contribution in [3.05, 3.63) is 43.1 Å². The Morgan fingerprint density at radius 1 is 1.29 bits per heavy atom. The van der Waals surface area contributed by atoms with E-state index in [1.807, 2.05) is 32.0 Å². The van der Waals surface area contributed by atoms with Gasteiger partial charge in [-0.3, -0.25) is 0 Å². The summed E-state index contributed by atoms with van der Waals surface area (Å²) < 4.78 is 7.68. The molecular weight excluding hydrogens is 442 g/mol. The highest BCUT2D eigenvalue weighted by atomic mass is 127. The van der Waals surface area contributed by atoms with Gasteiger partial charge in [0.25, 0.3) is 0 Å².